The maximum absolute atomic E-state index is 13.7. The highest BCUT2D eigenvalue weighted by molar-refractivity contribution is 6.17. The molecule has 3 nitrogen and oxygen atoms in total. The first-order valence-electron chi connectivity index (χ1n) is 5.00. The second-order valence-electron chi connectivity index (χ2n) is 3.46. The molecule has 2 rings (SSSR count). The molecule has 0 fully saturated rings. The van der Waals surface area contributed by atoms with Crippen molar-refractivity contribution in [3.63, 3.8) is 0 Å². The van der Waals surface area contributed by atoms with Crippen LogP contribution in [-0.4, -0.2) is 9.97 Å². The molecule has 0 spiro atoms. The largest absolute Gasteiger partial charge is 0.435 e. The van der Waals surface area contributed by atoms with Crippen LogP contribution in [0.3, 0.4) is 0 Å². The zero-order valence-electron chi connectivity index (χ0n) is 9.15. The van der Waals surface area contributed by atoms with Gasteiger partial charge < -0.3 is 4.74 Å². The van der Waals surface area contributed by atoms with Gasteiger partial charge >= 0.3 is 0 Å². The van der Waals surface area contributed by atoms with Gasteiger partial charge in [-0.2, -0.15) is 0 Å². The Hall–Kier alpha value is -1.68. The highest BCUT2D eigenvalue weighted by atomic mass is 35.5. The van der Waals surface area contributed by atoms with Crippen LogP contribution in [0.2, 0.25) is 0 Å². The fourth-order valence-electron chi connectivity index (χ4n) is 1.26. The Morgan fingerprint density at radius 2 is 2.12 bits per heavy atom. The highest BCUT2D eigenvalue weighted by Gasteiger charge is 2.10. The number of pyridine rings is 2. The molecule has 0 aliphatic heterocycles. The average molecular weight is 253 g/mol. The SMILES string of the molecule is Cc1ccc(Oc2nccc(CCl)c2F)cn1. The van der Waals surface area contributed by atoms with Crippen molar-refractivity contribution in [1.82, 2.24) is 9.97 Å². The predicted octanol–water partition coefficient (Wildman–Crippen LogP) is 3.46. The number of rotatable bonds is 3. The standard InChI is InChI=1S/C12H10ClFN2O/c1-8-2-3-10(7-16-8)17-12-11(14)9(6-13)4-5-15-12/h2-5,7H,6H2,1H3. The molecule has 2 aromatic rings. The lowest BCUT2D eigenvalue weighted by atomic mass is 10.3. The van der Waals surface area contributed by atoms with E-state index < -0.39 is 5.82 Å². The summed E-state index contributed by atoms with van der Waals surface area (Å²) in [6.07, 6.45) is 2.97. The van der Waals surface area contributed by atoms with E-state index in [0.717, 1.165) is 5.69 Å². The monoisotopic (exact) mass is 252 g/mol. The van der Waals surface area contributed by atoms with E-state index in [4.69, 9.17) is 16.3 Å². The van der Waals surface area contributed by atoms with Crippen LogP contribution in [0.25, 0.3) is 0 Å². The van der Waals surface area contributed by atoms with Crippen LogP contribution in [0.15, 0.2) is 30.6 Å². The summed E-state index contributed by atoms with van der Waals surface area (Å²) in [6, 6.07) is 5.00. The summed E-state index contributed by atoms with van der Waals surface area (Å²) in [5.41, 5.74) is 1.22. The summed E-state index contributed by atoms with van der Waals surface area (Å²) < 4.78 is 19.0. The summed E-state index contributed by atoms with van der Waals surface area (Å²) in [4.78, 5) is 7.87. The number of hydrogen-bond donors (Lipinski definition) is 0. The van der Waals surface area contributed by atoms with Gasteiger partial charge in [-0.15, -0.1) is 11.6 Å². The Balaban J connectivity index is 2.27. The summed E-state index contributed by atoms with van der Waals surface area (Å²) in [7, 11) is 0. The molecule has 0 aliphatic carbocycles. The van der Waals surface area contributed by atoms with Crippen molar-refractivity contribution < 1.29 is 9.13 Å². The minimum atomic E-state index is -0.539. The van der Waals surface area contributed by atoms with Crippen LogP contribution in [0.1, 0.15) is 11.3 Å². The number of aryl methyl sites for hydroxylation is 1. The van der Waals surface area contributed by atoms with E-state index in [-0.39, 0.29) is 11.8 Å². The van der Waals surface area contributed by atoms with Gasteiger partial charge in [0.2, 0.25) is 0 Å². The topological polar surface area (TPSA) is 35.0 Å². The summed E-state index contributed by atoms with van der Waals surface area (Å²) in [5, 5.41) is 0. The van der Waals surface area contributed by atoms with Crippen LogP contribution >= 0.6 is 11.6 Å². The zero-order valence-corrected chi connectivity index (χ0v) is 9.91. The van der Waals surface area contributed by atoms with Gasteiger partial charge in [-0.3, -0.25) is 4.98 Å². The first-order chi connectivity index (χ1) is 8.20. The van der Waals surface area contributed by atoms with Crippen LogP contribution in [0.5, 0.6) is 11.6 Å². The third kappa shape index (κ3) is 2.71. The summed E-state index contributed by atoms with van der Waals surface area (Å²) in [6.45, 7) is 1.86. The normalized spacial score (nSPS) is 10.3. The molecule has 0 saturated heterocycles. The third-order valence-electron chi connectivity index (χ3n) is 2.18. The molecule has 0 unspecified atom stereocenters. The van der Waals surface area contributed by atoms with E-state index in [1.165, 1.54) is 18.5 Å². The maximum atomic E-state index is 13.7. The summed E-state index contributed by atoms with van der Waals surface area (Å²) >= 11 is 5.59. The molecule has 2 aromatic heterocycles. The van der Waals surface area contributed by atoms with E-state index in [0.29, 0.717) is 11.3 Å². The van der Waals surface area contributed by atoms with Crippen LogP contribution in [-0.2, 0) is 5.88 Å². The molecule has 0 bridgehead atoms. The van der Waals surface area contributed by atoms with Crippen molar-refractivity contribution in [3.8, 4) is 11.6 Å². The Labute approximate surface area is 103 Å². The van der Waals surface area contributed by atoms with Gasteiger partial charge in [0.05, 0.1) is 12.1 Å². The highest BCUT2D eigenvalue weighted by Crippen LogP contribution is 2.24. The number of aromatic nitrogens is 2. The fourth-order valence-corrected chi connectivity index (χ4v) is 1.47. The van der Waals surface area contributed by atoms with Gasteiger partial charge in [0.1, 0.15) is 5.75 Å². The first-order valence-corrected chi connectivity index (χ1v) is 5.54. The van der Waals surface area contributed by atoms with Gasteiger partial charge in [-0.25, -0.2) is 9.37 Å². The molecule has 0 saturated carbocycles. The van der Waals surface area contributed by atoms with E-state index >= 15 is 0 Å². The average Bonchev–Trinajstić information content (AvgIpc) is 2.35. The van der Waals surface area contributed by atoms with Crippen molar-refractivity contribution in [2.75, 3.05) is 0 Å². The third-order valence-corrected chi connectivity index (χ3v) is 2.47. The molecule has 0 aromatic carbocycles. The minimum Gasteiger partial charge on any atom is -0.435 e. The van der Waals surface area contributed by atoms with E-state index in [9.17, 15) is 4.39 Å². The first kappa shape index (κ1) is 11.8. The Kier molecular flexibility index (Phi) is 3.54. The smallest absolute Gasteiger partial charge is 0.256 e. The van der Waals surface area contributed by atoms with Gasteiger partial charge in [-0.1, -0.05) is 0 Å². The lowest BCUT2D eigenvalue weighted by Crippen LogP contribution is -1.96. The van der Waals surface area contributed by atoms with Crippen molar-refractivity contribution >= 4 is 11.6 Å². The number of nitrogens with zero attached hydrogens (tertiary/aromatic N) is 2. The Morgan fingerprint density at radius 1 is 1.29 bits per heavy atom. The minimum absolute atomic E-state index is 0.0802. The van der Waals surface area contributed by atoms with Crippen molar-refractivity contribution in [2.24, 2.45) is 0 Å². The molecule has 0 N–H and O–H groups in total. The lowest BCUT2D eigenvalue weighted by Gasteiger charge is -2.07. The predicted molar refractivity (Wildman–Crippen MR) is 62.8 cm³/mol. The lowest BCUT2D eigenvalue weighted by molar-refractivity contribution is 0.418. The van der Waals surface area contributed by atoms with E-state index in [2.05, 4.69) is 9.97 Å². The van der Waals surface area contributed by atoms with E-state index in [1.54, 1.807) is 12.1 Å². The molecule has 5 heteroatoms. The fraction of sp³-hybridized carbons (Fsp3) is 0.167. The summed E-state index contributed by atoms with van der Waals surface area (Å²) in [5.74, 6) is -0.109. The number of halogens is 2. The number of alkyl halides is 1. The van der Waals surface area contributed by atoms with Crippen molar-refractivity contribution in [2.45, 2.75) is 12.8 Å². The molecular weight excluding hydrogens is 243 g/mol. The second kappa shape index (κ2) is 5.10. The van der Waals surface area contributed by atoms with Crippen LogP contribution in [0, 0.1) is 12.7 Å². The van der Waals surface area contributed by atoms with Gasteiger partial charge in [0.15, 0.2) is 5.82 Å². The second-order valence-corrected chi connectivity index (χ2v) is 3.73. The molecule has 17 heavy (non-hydrogen) atoms. The molecular formula is C12H10ClFN2O. The molecule has 88 valence electrons. The van der Waals surface area contributed by atoms with Crippen molar-refractivity contribution in [1.29, 1.82) is 0 Å². The number of hydrogen-bond acceptors (Lipinski definition) is 3. The van der Waals surface area contributed by atoms with E-state index in [1.807, 2.05) is 6.92 Å². The molecule has 0 aliphatic rings. The van der Waals surface area contributed by atoms with Gasteiger partial charge in [0, 0.05) is 17.5 Å². The van der Waals surface area contributed by atoms with Crippen LogP contribution < -0.4 is 4.74 Å². The quantitative estimate of drug-likeness (QED) is 0.785. The Morgan fingerprint density at radius 3 is 2.76 bits per heavy atom. The zero-order chi connectivity index (χ0) is 12.3. The van der Waals surface area contributed by atoms with Crippen molar-refractivity contribution in [3.05, 3.63) is 47.7 Å². The van der Waals surface area contributed by atoms with Crippen LogP contribution in [0.4, 0.5) is 4.39 Å². The van der Waals surface area contributed by atoms with Gasteiger partial charge in [0.25, 0.3) is 5.88 Å². The van der Waals surface area contributed by atoms with Gasteiger partial charge in [-0.05, 0) is 25.1 Å². The molecule has 2 heterocycles. The molecule has 0 amide bonds. The molecule has 0 atom stereocenters. The maximum Gasteiger partial charge on any atom is 0.256 e. The number of ether oxygens (including phenoxy) is 1. The Bertz CT molecular complexity index is 516. The molecule has 0 radical (unpaired) electrons.